The number of nitrogens with one attached hydrogen (secondary N) is 1. The highest BCUT2D eigenvalue weighted by Crippen LogP contribution is 2.20. The molecule has 2 aromatic heterocycles. The Kier molecular flexibility index (Phi) is 4.18. The highest BCUT2D eigenvalue weighted by atomic mass is 35.5. The van der Waals surface area contributed by atoms with Gasteiger partial charge in [-0.2, -0.15) is 0 Å². The van der Waals surface area contributed by atoms with Crippen molar-refractivity contribution in [2.75, 3.05) is 5.32 Å². The van der Waals surface area contributed by atoms with Crippen LogP contribution in [-0.2, 0) is 14.1 Å². The van der Waals surface area contributed by atoms with Gasteiger partial charge in [0.05, 0.1) is 10.9 Å². The molecule has 1 aromatic carbocycles. The molecule has 25 heavy (non-hydrogen) atoms. The molecule has 1 amide bonds. The zero-order valence-electron chi connectivity index (χ0n) is 13.8. The van der Waals surface area contributed by atoms with Crippen LogP contribution in [0.3, 0.4) is 0 Å². The van der Waals surface area contributed by atoms with E-state index < -0.39 is 17.2 Å². The van der Waals surface area contributed by atoms with Crippen LogP contribution in [0.2, 0.25) is 5.02 Å². The van der Waals surface area contributed by atoms with Crippen molar-refractivity contribution in [1.29, 1.82) is 0 Å². The van der Waals surface area contributed by atoms with Crippen molar-refractivity contribution < 1.29 is 4.79 Å². The second kappa shape index (κ2) is 6.18. The van der Waals surface area contributed by atoms with E-state index in [-0.39, 0.29) is 16.6 Å². The third-order valence-electron chi connectivity index (χ3n) is 3.99. The number of pyridine rings is 1. The molecule has 0 fully saturated rings. The molecule has 1 N–H and O–H groups in total. The zero-order valence-corrected chi connectivity index (χ0v) is 14.6. The summed E-state index contributed by atoms with van der Waals surface area (Å²) in [6, 6.07) is 6.60. The van der Waals surface area contributed by atoms with E-state index in [0.29, 0.717) is 10.7 Å². The van der Waals surface area contributed by atoms with E-state index in [1.54, 1.807) is 18.2 Å². The predicted octanol–water partition coefficient (Wildman–Crippen LogP) is 1.85. The number of halogens is 1. The van der Waals surface area contributed by atoms with Crippen LogP contribution in [0.15, 0.2) is 40.1 Å². The lowest BCUT2D eigenvalue weighted by molar-refractivity contribution is 0.102. The van der Waals surface area contributed by atoms with E-state index in [9.17, 15) is 14.4 Å². The monoisotopic (exact) mass is 358 g/mol. The molecule has 0 bridgehead atoms. The highest BCUT2D eigenvalue weighted by Gasteiger charge is 2.14. The average Bonchev–Trinajstić information content (AvgIpc) is 2.60. The summed E-state index contributed by atoms with van der Waals surface area (Å²) in [4.78, 5) is 40.7. The van der Waals surface area contributed by atoms with Crippen molar-refractivity contribution in [2.24, 2.45) is 14.1 Å². The number of hydrogen-bond acceptors (Lipinski definition) is 4. The summed E-state index contributed by atoms with van der Waals surface area (Å²) in [5.41, 5.74) is 0.892. The summed E-state index contributed by atoms with van der Waals surface area (Å²) in [6.45, 7) is 1.86. The second-order valence-electron chi connectivity index (χ2n) is 5.72. The van der Waals surface area contributed by atoms with Gasteiger partial charge < -0.3 is 5.32 Å². The van der Waals surface area contributed by atoms with Crippen molar-refractivity contribution in [1.82, 2.24) is 14.1 Å². The van der Waals surface area contributed by atoms with Gasteiger partial charge in [0.15, 0.2) is 0 Å². The Labute approximate surface area is 147 Å². The number of rotatable bonds is 2. The molecular formula is C17H15ClN4O3. The Morgan fingerprint density at radius 3 is 2.56 bits per heavy atom. The lowest BCUT2D eigenvalue weighted by Gasteiger charge is -2.09. The lowest BCUT2D eigenvalue weighted by Crippen LogP contribution is -2.37. The third-order valence-corrected chi connectivity index (χ3v) is 4.39. The van der Waals surface area contributed by atoms with Gasteiger partial charge in [0, 0.05) is 31.0 Å². The lowest BCUT2D eigenvalue weighted by atomic mass is 10.2. The Bertz CT molecular complexity index is 1130. The Morgan fingerprint density at radius 1 is 1.16 bits per heavy atom. The molecule has 0 unspecified atom stereocenters. The van der Waals surface area contributed by atoms with Gasteiger partial charge in [0.25, 0.3) is 11.5 Å². The first kappa shape index (κ1) is 16.9. The maximum absolute atomic E-state index is 12.4. The minimum atomic E-state index is -0.501. The van der Waals surface area contributed by atoms with Crippen molar-refractivity contribution >= 4 is 34.2 Å². The van der Waals surface area contributed by atoms with Gasteiger partial charge in [0.2, 0.25) is 0 Å². The fourth-order valence-electron chi connectivity index (χ4n) is 2.46. The van der Waals surface area contributed by atoms with Crippen molar-refractivity contribution in [3.8, 4) is 0 Å². The Morgan fingerprint density at radius 2 is 1.88 bits per heavy atom. The number of aryl methyl sites for hydroxylation is 2. The molecule has 0 spiro atoms. The first-order valence-electron chi connectivity index (χ1n) is 7.43. The van der Waals surface area contributed by atoms with E-state index in [2.05, 4.69) is 10.3 Å². The number of amides is 1. The van der Waals surface area contributed by atoms with E-state index in [0.717, 1.165) is 10.1 Å². The molecule has 128 valence electrons. The third kappa shape index (κ3) is 2.94. The number of hydrogen-bond donors (Lipinski definition) is 1. The van der Waals surface area contributed by atoms with Gasteiger partial charge >= 0.3 is 5.69 Å². The molecule has 0 atom stereocenters. The van der Waals surface area contributed by atoms with Gasteiger partial charge in [-0.25, -0.2) is 9.78 Å². The van der Waals surface area contributed by atoms with Crippen molar-refractivity contribution in [3.63, 3.8) is 0 Å². The zero-order chi connectivity index (χ0) is 18.3. The second-order valence-corrected chi connectivity index (χ2v) is 6.13. The largest absolute Gasteiger partial charge is 0.332 e. The molecule has 0 saturated carbocycles. The van der Waals surface area contributed by atoms with Crippen molar-refractivity contribution in [2.45, 2.75) is 6.92 Å². The van der Waals surface area contributed by atoms with Crippen LogP contribution in [0.1, 0.15) is 15.9 Å². The number of benzene rings is 1. The van der Waals surface area contributed by atoms with Gasteiger partial charge in [-0.15, -0.1) is 0 Å². The van der Waals surface area contributed by atoms with Crippen LogP contribution in [0.4, 0.5) is 5.69 Å². The number of fused-ring (bicyclic) bond motifs is 1. The normalized spacial score (nSPS) is 10.9. The Hall–Kier alpha value is -2.93. The quantitative estimate of drug-likeness (QED) is 0.757. The van der Waals surface area contributed by atoms with E-state index in [1.165, 1.54) is 30.9 Å². The maximum Gasteiger partial charge on any atom is 0.332 e. The van der Waals surface area contributed by atoms with Crippen LogP contribution in [0.25, 0.3) is 11.0 Å². The number of aromatic nitrogens is 3. The highest BCUT2D eigenvalue weighted by molar-refractivity contribution is 6.31. The summed E-state index contributed by atoms with van der Waals surface area (Å²) in [7, 11) is 2.90. The molecule has 0 aliphatic rings. The van der Waals surface area contributed by atoms with Crippen LogP contribution >= 0.6 is 11.6 Å². The molecule has 3 aromatic rings. The smallest absolute Gasteiger partial charge is 0.322 e. The topological polar surface area (TPSA) is 86.0 Å². The molecule has 0 aliphatic heterocycles. The summed E-state index contributed by atoms with van der Waals surface area (Å²) < 4.78 is 2.24. The summed E-state index contributed by atoms with van der Waals surface area (Å²) >= 11 is 6.05. The van der Waals surface area contributed by atoms with E-state index >= 15 is 0 Å². The number of carbonyl (C=O) groups is 1. The fourth-order valence-corrected chi connectivity index (χ4v) is 2.64. The Balaban J connectivity index is 2.04. The standard InChI is InChI=1S/C17H15ClN4O3/c1-9-4-5-11(7-13(9)18)20-15(23)10-6-12-14(19-8-10)21(2)17(25)22(3)16(12)24/h4-8H,1-3H3,(H,20,23). The van der Waals surface area contributed by atoms with Crippen LogP contribution in [0.5, 0.6) is 0 Å². The molecule has 8 heteroatoms. The van der Waals surface area contributed by atoms with Crippen LogP contribution in [0, 0.1) is 6.92 Å². The first-order chi connectivity index (χ1) is 11.8. The van der Waals surface area contributed by atoms with Crippen molar-refractivity contribution in [3.05, 3.63) is 67.4 Å². The summed E-state index contributed by atoms with van der Waals surface area (Å²) in [5, 5.41) is 3.44. The molecule has 7 nitrogen and oxygen atoms in total. The van der Waals surface area contributed by atoms with Crippen LogP contribution in [-0.4, -0.2) is 20.0 Å². The molecule has 0 radical (unpaired) electrons. The van der Waals surface area contributed by atoms with Gasteiger partial charge in [-0.1, -0.05) is 17.7 Å². The molecule has 0 aliphatic carbocycles. The van der Waals surface area contributed by atoms with E-state index in [4.69, 9.17) is 11.6 Å². The first-order valence-corrected chi connectivity index (χ1v) is 7.80. The van der Waals surface area contributed by atoms with Gasteiger partial charge in [-0.05, 0) is 30.7 Å². The summed E-state index contributed by atoms with van der Waals surface area (Å²) in [6.07, 6.45) is 1.33. The van der Waals surface area contributed by atoms with Crippen LogP contribution < -0.4 is 16.6 Å². The predicted molar refractivity (Wildman–Crippen MR) is 96.4 cm³/mol. The minimum absolute atomic E-state index is 0.194. The molecule has 3 rings (SSSR count). The molecule has 2 heterocycles. The SMILES string of the molecule is Cc1ccc(NC(=O)c2cnc3c(c2)c(=O)n(C)c(=O)n3C)cc1Cl. The summed E-state index contributed by atoms with van der Waals surface area (Å²) in [5.74, 6) is -0.426. The molecule has 0 saturated heterocycles. The fraction of sp³-hybridized carbons (Fsp3) is 0.176. The van der Waals surface area contributed by atoms with Gasteiger partial charge in [0.1, 0.15) is 5.65 Å². The van der Waals surface area contributed by atoms with E-state index in [1.807, 2.05) is 6.92 Å². The number of carbonyl (C=O) groups excluding carboxylic acids is 1. The number of nitrogens with zero attached hydrogens (tertiary/aromatic N) is 3. The minimum Gasteiger partial charge on any atom is -0.322 e. The van der Waals surface area contributed by atoms with Gasteiger partial charge in [-0.3, -0.25) is 18.7 Å². The molecular weight excluding hydrogens is 344 g/mol. The average molecular weight is 359 g/mol. The maximum atomic E-state index is 12.4. The number of anilines is 1.